The molecule has 3 heteroatoms. The zero-order valence-corrected chi connectivity index (χ0v) is 11.9. The second-order valence-electron chi connectivity index (χ2n) is 5.61. The largest absolute Gasteiger partial charge is 0.375 e. The van der Waals surface area contributed by atoms with Gasteiger partial charge in [0.05, 0.1) is 12.2 Å². The number of nitrogens with one attached hydrogen (secondary N) is 1. The molecule has 0 bridgehead atoms. The summed E-state index contributed by atoms with van der Waals surface area (Å²) in [6.07, 6.45) is 7.07. The molecule has 0 aromatic rings. The van der Waals surface area contributed by atoms with Crippen molar-refractivity contribution in [2.45, 2.75) is 78.0 Å². The van der Waals surface area contributed by atoms with Gasteiger partial charge in [0, 0.05) is 12.0 Å². The molecule has 3 nitrogen and oxygen atoms in total. The Morgan fingerprint density at radius 3 is 2.29 bits per heavy atom. The van der Waals surface area contributed by atoms with E-state index in [1.54, 1.807) is 0 Å². The maximum atomic E-state index is 5.90. The van der Waals surface area contributed by atoms with E-state index < -0.39 is 0 Å². The fourth-order valence-electron chi connectivity index (χ4n) is 3.17. The zero-order valence-electron chi connectivity index (χ0n) is 11.9. The zero-order chi connectivity index (χ0) is 12.8. The highest BCUT2D eigenvalue weighted by Gasteiger charge is 2.40. The molecule has 0 radical (unpaired) electrons. The van der Waals surface area contributed by atoms with Crippen LogP contribution in [0.5, 0.6) is 0 Å². The summed E-state index contributed by atoms with van der Waals surface area (Å²) in [4.78, 5) is 0. The van der Waals surface area contributed by atoms with E-state index in [1.807, 2.05) is 0 Å². The lowest BCUT2D eigenvalue weighted by Crippen LogP contribution is -2.45. The van der Waals surface area contributed by atoms with Crippen LogP contribution < -0.4 is 11.3 Å². The summed E-state index contributed by atoms with van der Waals surface area (Å²) in [6, 6.07) is 0.404. The van der Waals surface area contributed by atoms with Crippen molar-refractivity contribution in [3.63, 3.8) is 0 Å². The standard InChI is InChI=1S/C14H30N2O/c1-5-6-7-8-9-13(16-15)14-10(2)11(3)17-12(14)4/h10-14,16H,5-9,15H2,1-4H3. The van der Waals surface area contributed by atoms with Crippen LogP contribution in [0, 0.1) is 11.8 Å². The number of hydrogen-bond acceptors (Lipinski definition) is 3. The SMILES string of the molecule is CCCCCCC(NN)C1C(C)OC(C)C1C. The fourth-order valence-corrected chi connectivity index (χ4v) is 3.17. The van der Waals surface area contributed by atoms with Crippen molar-refractivity contribution in [3.8, 4) is 0 Å². The van der Waals surface area contributed by atoms with E-state index in [4.69, 9.17) is 10.6 Å². The molecule has 0 aromatic heterocycles. The van der Waals surface area contributed by atoms with Gasteiger partial charge in [-0.15, -0.1) is 0 Å². The maximum Gasteiger partial charge on any atom is 0.0597 e. The minimum absolute atomic E-state index is 0.326. The Labute approximate surface area is 106 Å². The smallest absolute Gasteiger partial charge is 0.0597 e. The van der Waals surface area contributed by atoms with Crippen LogP contribution in [0.3, 0.4) is 0 Å². The molecular weight excluding hydrogens is 212 g/mol. The van der Waals surface area contributed by atoms with Crippen LogP contribution in [0.25, 0.3) is 0 Å². The fraction of sp³-hybridized carbons (Fsp3) is 1.00. The maximum absolute atomic E-state index is 5.90. The van der Waals surface area contributed by atoms with E-state index in [-0.39, 0.29) is 0 Å². The Kier molecular flexibility index (Phi) is 6.45. The average molecular weight is 242 g/mol. The van der Waals surface area contributed by atoms with Crippen molar-refractivity contribution >= 4 is 0 Å². The minimum Gasteiger partial charge on any atom is -0.375 e. The Balaban J connectivity index is 2.43. The summed E-state index contributed by atoms with van der Waals surface area (Å²) in [5.41, 5.74) is 3.02. The molecule has 0 aliphatic carbocycles. The molecule has 102 valence electrons. The molecule has 1 heterocycles. The first kappa shape index (κ1) is 14.9. The highest BCUT2D eigenvalue weighted by Crippen LogP contribution is 2.35. The van der Waals surface area contributed by atoms with E-state index in [1.165, 1.54) is 32.1 Å². The molecule has 1 saturated heterocycles. The van der Waals surface area contributed by atoms with Gasteiger partial charge in [0.15, 0.2) is 0 Å². The molecule has 0 spiro atoms. The van der Waals surface area contributed by atoms with Crippen LogP contribution >= 0.6 is 0 Å². The molecule has 1 fully saturated rings. The first-order valence-corrected chi connectivity index (χ1v) is 7.23. The van der Waals surface area contributed by atoms with Crippen LogP contribution in [0.15, 0.2) is 0 Å². The third kappa shape index (κ3) is 3.94. The van der Waals surface area contributed by atoms with Crippen molar-refractivity contribution in [3.05, 3.63) is 0 Å². The molecular formula is C14H30N2O. The third-order valence-corrected chi connectivity index (χ3v) is 4.37. The molecule has 3 N–H and O–H groups in total. The lowest BCUT2D eigenvalue weighted by Gasteiger charge is -2.28. The van der Waals surface area contributed by atoms with Gasteiger partial charge in [0.2, 0.25) is 0 Å². The number of hydrazine groups is 1. The number of nitrogens with two attached hydrogens (primary N) is 1. The predicted octanol–water partition coefficient (Wildman–Crippen LogP) is 2.85. The summed E-state index contributed by atoms with van der Waals surface area (Å²) in [5, 5.41) is 0. The van der Waals surface area contributed by atoms with Crippen molar-refractivity contribution in [2.24, 2.45) is 17.7 Å². The predicted molar refractivity (Wildman–Crippen MR) is 72.5 cm³/mol. The number of unbranched alkanes of at least 4 members (excludes halogenated alkanes) is 3. The normalized spacial score (nSPS) is 35.1. The second kappa shape index (κ2) is 7.34. The van der Waals surface area contributed by atoms with Crippen LogP contribution in [-0.4, -0.2) is 18.2 Å². The van der Waals surface area contributed by atoms with Gasteiger partial charge in [-0.05, 0) is 26.2 Å². The molecule has 0 aromatic carbocycles. The summed E-state index contributed by atoms with van der Waals surface area (Å²) in [6.45, 7) is 8.89. The van der Waals surface area contributed by atoms with Gasteiger partial charge in [-0.25, -0.2) is 0 Å². The highest BCUT2D eigenvalue weighted by atomic mass is 16.5. The van der Waals surface area contributed by atoms with Gasteiger partial charge in [-0.3, -0.25) is 11.3 Å². The molecule has 17 heavy (non-hydrogen) atoms. The summed E-state index contributed by atoms with van der Waals surface area (Å²) < 4.78 is 5.90. The van der Waals surface area contributed by atoms with E-state index in [9.17, 15) is 0 Å². The summed E-state index contributed by atoms with van der Waals surface area (Å²) >= 11 is 0. The molecule has 5 unspecified atom stereocenters. The molecule has 5 atom stereocenters. The molecule has 0 saturated carbocycles. The van der Waals surface area contributed by atoms with Crippen molar-refractivity contribution in [1.82, 2.24) is 5.43 Å². The highest BCUT2D eigenvalue weighted by molar-refractivity contribution is 4.90. The van der Waals surface area contributed by atoms with Gasteiger partial charge >= 0.3 is 0 Å². The molecule has 1 aliphatic rings. The van der Waals surface area contributed by atoms with Crippen LogP contribution in [0.4, 0.5) is 0 Å². The monoisotopic (exact) mass is 242 g/mol. The van der Waals surface area contributed by atoms with Gasteiger partial charge in [-0.2, -0.15) is 0 Å². The summed E-state index contributed by atoms with van der Waals surface area (Å²) in [5.74, 6) is 6.88. The minimum atomic E-state index is 0.326. The van der Waals surface area contributed by atoms with E-state index in [2.05, 4.69) is 33.1 Å². The lowest BCUT2D eigenvalue weighted by molar-refractivity contribution is 0.0471. The Morgan fingerprint density at radius 2 is 1.82 bits per heavy atom. The third-order valence-electron chi connectivity index (χ3n) is 4.37. The molecule has 1 aliphatic heterocycles. The Bertz CT molecular complexity index is 210. The first-order valence-electron chi connectivity index (χ1n) is 7.23. The van der Waals surface area contributed by atoms with E-state index in [0.717, 1.165) is 0 Å². The second-order valence-corrected chi connectivity index (χ2v) is 5.61. The van der Waals surface area contributed by atoms with E-state index >= 15 is 0 Å². The number of hydrogen-bond donors (Lipinski definition) is 2. The van der Waals surface area contributed by atoms with E-state index in [0.29, 0.717) is 30.1 Å². The topological polar surface area (TPSA) is 47.3 Å². The average Bonchev–Trinajstić information content (AvgIpc) is 2.55. The van der Waals surface area contributed by atoms with Crippen molar-refractivity contribution in [2.75, 3.05) is 0 Å². The quantitative estimate of drug-likeness (QED) is 0.410. The Morgan fingerprint density at radius 1 is 1.12 bits per heavy atom. The van der Waals surface area contributed by atoms with Crippen molar-refractivity contribution < 1.29 is 4.74 Å². The Hall–Kier alpha value is -0.120. The lowest BCUT2D eigenvalue weighted by atomic mass is 9.81. The van der Waals surface area contributed by atoms with Gasteiger partial charge in [-0.1, -0.05) is 39.5 Å². The number of ether oxygens (including phenoxy) is 1. The van der Waals surface area contributed by atoms with Gasteiger partial charge in [0.1, 0.15) is 0 Å². The first-order chi connectivity index (χ1) is 8.11. The molecule has 0 amide bonds. The van der Waals surface area contributed by atoms with Gasteiger partial charge in [0.25, 0.3) is 0 Å². The number of rotatable bonds is 7. The van der Waals surface area contributed by atoms with Crippen molar-refractivity contribution in [1.29, 1.82) is 0 Å². The van der Waals surface area contributed by atoms with Gasteiger partial charge < -0.3 is 4.74 Å². The van der Waals surface area contributed by atoms with Crippen LogP contribution in [-0.2, 0) is 4.74 Å². The van der Waals surface area contributed by atoms with Crippen LogP contribution in [0.1, 0.15) is 59.8 Å². The summed E-state index contributed by atoms with van der Waals surface area (Å²) in [7, 11) is 0. The molecule has 1 rings (SSSR count). The van der Waals surface area contributed by atoms with Crippen LogP contribution in [0.2, 0.25) is 0 Å².